The number of anilines is 1. The van der Waals surface area contributed by atoms with Gasteiger partial charge in [-0.1, -0.05) is 0 Å². The van der Waals surface area contributed by atoms with Gasteiger partial charge in [0.15, 0.2) is 0 Å². The molecule has 4 N–H and O–H groups in total. The van der Waals surface area contributed by atoms with Gasteiger partial charge in [0.2, 0.25) is 5.91 Å². The molecule has 1 aromatic carbocycles. The minimum absolute atomic E-state index is 0.0421. The number of thioether (sulfide) groups is 1. The summed E-state index contributed by atoms with van der Waals surface area (Å²) in [6.07, 6.45) is 0. The van der Waals surface area contributed by atoms with Crippen LogP contribution in [0.15, 0.2) is 21.4 Å². The molecule has 0 aliphatic carbocycles. The summed E-state index contributed by atoms with van der Waals surface area (Å²) >= 11 is 4.31. The van der Waals surface area contributed by atoms with Crippen LogP contribution in [0.4, 0.5) is 5.69 Å². The second-order valence-corrected chi connectivity index (χ2v) is 5.73. The predicted octanol–water partition coefficient (Wildman–Crippen LogP) is 1.37. The van der Waals surface area contributed by atoms with Crippen LogP contribution in [0.5, 0.6) is 0 Å². The molecule has 1 aromatic heterocycles. The van der Waals surface area contributed by atoms with Crippen LogP contribution in [-0.4, -0.2) is 38.5 Å². The number of fused-ring (bicyclic) bond motifs is 1. The van der Waals surface area contributed by atoms with E-state index in [0.717, 1.165) is 11.8 Å². The Balaban J connectivity index is 2.08. The van der Waals surface area contributed by atoms with Gasteiger partial charge in [-0.2, -0.15) is 0 Å². The van der Waals surface area contributed by atoms with Crippen molar-refractivity contribution in [1.82, 2.24) is 9.97 Å². The Labute approximate surface area is 125 Å². The first-order valence-corrected chi connectivity index (χ1v) is 7.41. The highest BCUT2D eigenvalue weighted by molar-refractivity contribution is 9.10. The minimum atomic E-state index is -0.963. The predicted molar refractivity (Wildman–Crippen MR) is 80.2 cm³/mol. The summed E-state index contributed by atoms with van der Waals surface area (Å²) in [7, 11) is 0. The monoisotopic (exact) mass is 359 g/mol. The molecule has 0 aliphatic rings. The quantitative estimate of drug-likeness (QED) is 0.643. The van der Waals surface area contributed by atoms with E-state index in [0.29, 0.717) is 21.2 Å². The summed E-state index contributed by atoms with van der Waals surface area (Å²) in [6.45, 7) is 0. The number of carbonyl (C=O) groups excluding carboxylic acids is 1. The van der Waals surface area contributed by atoms with E-state index < -0.39 is 5.97 Å². The van der Waals surface area contributed by atoms with Gasteiger partial charge >= 0.3 is 11.7 Å². The molecule has 2 aromatic rings. The first-order valence-electron chi connectivity index (χ1n) is 5.46. The fourth-order valence-corrected chi connectivity index (χ4v) is 2.55. The number of carbonyl (C=O) groups is 2. The molecular formula is C11H10BrN3O4S. The summed E-state index contributed by atoms with van der Waals surface area (Å²) in [6, 6.07) is 3.30. The standard InChI is InChI=1S/C11H10BrN3O4S/c12-5-1-7-8(15-11(19)14-7)2-6(5)13-9(16)3-20-4-10(17)18/h1-2H,3-4H2,(H,13,16)(H,17,18)(H2,14,15,19). The van der Waals surface area contributed by atoms with Gasteiger partial charge in [-0.05, 0) is 28.1 Å². The van der Waals surface area contributed by atoms with Gasteiger partial charge in [0, 0.05) is 4.47 Å². The highest BCUT2D eigenvalue weighted by Gasteiger charge is 2.09. The van der Waals surface area contributed by atoms with Gasteiger partial charge in [0.1, 0.15) is 0 Å². The fourth-order valence-electron chi connectivity index (χ4n) is 1.57. The van der Waals surface area contributed by atoms with Crippen LogP contribution in [0.2, 0.25) is 0 Å². The van der Waals surface area contributed by atoms with E-state index in [1.807, 2.05) is 0 Å². The van der Waals surface area contributed by atoms with Crippen molar-refractivity contribution in [2.75, 3.05) is 16.8 Å². The lowest BCUT2D eigenvalue weighted by Gasteiger charge is -2.07. The zero-order valence-corrected chi connectivity index (χ0v) is 12.4. The van der Waals surface area contributed by atoms with Gasteiger partial charge in [-0.15, -0.1) is 11.8 Å². The van der Waals surface area contributed by atoms with Crippen molar-refractivity contribution in [3.63, 3.8) is 0 Å². The van der Waals surface area contributed by atoms with Crippen LogP contribution in [0, 0.1) is 0 Å². The maximum absolute atomic E-state index is 11.7. The lowest BCUT2D eigenvalue weighted by molar-refractivity contribution is -0.133. The molecule has 0 bridgehead atoms. The molecule has 0 spiro atoms. The Hall–Kier alpha value is -1.74. The molecule has 7 nitrogen and oxygen atoms in total. The first kappa shape index (κ1) is 14.7. The van der Waals surface area contributed by atoms with E-state index in [2.05, 4.69) is 31.2 Å². The summed E-state index contributed by atoms with van der Waals surface area (Å²) in [5.74, 6) is -1.36. The van der Waals surface area contributed by atoms with Crippen LogP contribution in [0.3, 0.4) is 0 Å². The van der Waals surface area contributed by atoms with E-state index in [9.17, 15) is 14.4 Å². The van der Waals surface area contributed by atoms with Crippen molar-refractivity contribution in [2.45, 2.75) is 0 Å². The second kappa shape index (κ2) is 6.14. The third-order valence-corrected chi connectivity index (χ3v) is 3.91. The third kappa shape index (κ3) is 3.64. The molecule has 1 amide bonds. The number of H-pyrrole nitrogens is 2. The number of nitrogens with one attached hydrogen (secondary N) is 3. The number of imidazole rings is 1. The number of rotatable bonds is 5. The molecule has 0 aliphatic heterocycles. The van der Waals surface area contributed by atoms with Crippen LogP contribution in [-0.2, 0) is 9.59 Å². The largest absolute Gasteiger partial charge is 0.481 e. The second-order valence-electron chi connectivity index (χ2n) is 3.89. The average Bonchev–Trinajstić information content (AvgIpc) is 2.68. The summed E-state index contributed by atoms with van der Waals surface area (Å²) in [5.41, 5.74) is 1.38. The number of aromatic amines is 2. The van der Waals surface area contributed by atoms with E-state index in [1.54, 1.807) is 12.1 Å². The fraction of sp³-hybridized carbons (Fsp3) is 0.182. The maximum Gasteiger partial charge on any atom is 0.323 e. The molecule has 0 saturated heterocycles. The van der Waals surface area contributed by atoms with Gasteiger partial charge in [0.25, 0.3) is 0 Å². The highest BCUT2D eigenvalue weighted by atomic mass is 79.9. The van der Waals surface area contributed by atoms with Crippen LogP contribution in [0.1, 0.15) is 0 Å². The molecule has 1 heterocycles. The lowest BCUT2D eigenvalue weighted by Crippen LogP contribution is -2.15. The zero-order valence-electron chi connectivity index (χ0n) is 10.0. The number of amides is 1. The molecule has 106 valence electrons. The van der Waals surface area contributed by atoms with E-state index >= 15 is 0 Å². The topological polar surface area (TPSA) is 115 Å². The van der Waals surface area contributed by atoms with Crippen molar-refractivity contribution < 1.29 is 14.7 Å². The smallest absolute Gasteiger partial charge is 0.323 e. The Morgan fingerprint density at radius 3 is 2.55 bits per heavy atom. The maximum atomic E-state index is 11.7. The number of aliphatic carboxylic acids is 1. The molecule has 0 fully saturated rings. The van der Waals surface area contributed by atoms with Gasteiger partial charge in [-0.3, -0.25) is 9.59 Å². The summed E-state index contributed by atoms with van der Waals surface area (Å²) < 4.78 is 0.622. The molecule has 0 saturated carbocycles. The molecule has 20 heavy (non-hydrogen) atoms. The molecule has 9 heteroatoms. The summed E-state index contributed by atoms with van der Waals surface area (Å²) in [4.78, 5) is 38.4. The normalized spacial score (nSPS) is 10.7. The number of benzene rings is 1. The zero-order chi connectivity index (χ0) is 14.7. The highest BCUT2D eigenvalue weighted by Crippen LogP contribution is 2.26. The summed E-state index contributed by atoms with van der Waals surface area (Å²) in [5, 5.41) is 11.1. The van der Waals surface area contributed by atoms with Gasteiger partial charge in [0.05, 0.1) is 28.2 Å². The first-order chi connectivity index (χ1) is 9.45. The molecule has 0 unspecified atom stereocenters. The van der Waals surface area contributed by atoms with Crippen LogP contribution in [0.25, 0.3) is 11.0 Å². The minimum Gasteiger partial charge on any atom is -0.481 e. The molecular weight excluding hydrogens is 350 g/mol. The Kier molecular flexibility index (Phi) is 4.50. The number of hydrogen-bond donors (Lipinski definition) is 4. The molecule has 2 rings (SSSR count). The number of carboxylic acid groups (broad SMARTS) is 1. The van der Waals surface area contributed by atoms with Crippen molar-refractivity contribution in [3.05, 3.63) is 27.1 Å². The van der Waals surface area contributed by atoms with Gasteiger partial charge in [-0.25, -0.2) is 4.79 Å². The Morgan fingerprint density at radius 1 is 1.25 bits per heavy atom. The SMILES string of the molecule is O=C(O)CSCC(=O)Nc1cc2[nH]c(=O)[nH]c2cc1Br. The number of aromatic nitrogens is 2. The molecule has 0 atom stereocenters. The Bertz CT molecular complexity index is 724. The van der Waals surface area contributed by atoms with Crippen molar-refractivity contribution in [3.8, 4) is 0 Å². The lowest BCUT2D eigenvalue weighted by atomic mass is 10.3. The average molecular weight is 360 g/mol. The van der Waals surface area contributed by atoms with Crippen molar-refractivity contribution in [1.29, 1.82) is 0 Å². The van der Waals surface area contributed by atoms with Crippen LogP contribution >= 0.6 is 27.7 Å². The van der Waals surface area contributed by atoms with Crippen LogP contribution < -0.4 is 11.0 Å². The van der Waals surface area contributed by atoms with E-state index in [-0.39, 0.29) is 23.1 Å². The van der Waals surface area contributed by atoms with E-state index in [4.69, 9.17) is 5.11 Å². The van der Waals surface area contributed by atoms with E-state index in [1.165, 1.54) is 0 Å². The van der Waals surface area contributed by atoms with Gasteiger partial charge < -0.3 is 20.4 Å². The van der Waals surface area contributed by atoms with Crippen molar-refractivity contribution >= 4 is 56.3 Å². The van der Waals surface area contributed by atoms with Crippen molar-refractivity contribution in [2.24, 2.45) is 0 Å². The molecule has 0 radical (unpaired) electrons. The third-order valence-electron chi connectivity index (χ3n) is 2.34. The number of carboxylic acids is 1. The number of hydrogen-bond acceptors (Lipinski definition) is 4. The Morgan fingerprint density at radius 2 is 1.90 bits per heavy atom. The number of halogens is 1.